The van der Waals surface area contributed by atoms with Crippen LogP contribution in [0.25, 0.3) is 11.0 Å². The summed E-state index contributed by atoms with van der Waals surface area (Å²) in [4.78, 5) is 29.2. The van der Waals surface area contributed by atoms with Crippen molar-refractivity contribution in [2.75, 3.05) is 4.90 Å². The summed E-state index contributed by atoms with van der Waals surface area (Å²) < 4.78 is 15.3. The first-order chi connectivity index (χ1) is 17.5. The number of aromatic nitrogens is 3. The van der Waals surface area contributed by atoms with Crippen molar-refractivity contribution < 1.29 is 14.0 Å². The number of aryl methyl sites for hydroxylation is 1. The summed E-state index contributed by atoms with van der Waals surface area (Å²) >= 11 is 0. The van der Waals surface area contributed by atoms with Crippen molar-refractivity contribution in [3.05, 3.63) is 89.7 Å². The number of fused-ring (bicyclic) bond motifs is 1. The molecule has 0 saturated heterocycles. The number of anilines is 1. The van der Waals surface area contributed by atoms with Crippen LogP contribution >= 0.6 is 0 Å². The fourth-order valence-electron chi connectivity index (χ4n) is 4.79. The quantitative estimate of drug-likeness (QED) is 0.411. The van der Waals surface area contributed by atoms with E-state index in [9.17, 15) is 14.0 Å². The number of carbonyl (C=O) groups excluding carboxylic acids is 2. The minimum Gasteiger partial charge on any atom is -0.351 e. The fraction of sp³-hybridized carbons (Fsp3) is 0.286. The van der Waals surface area contributed by atoms with E-state index in [0.717, 1.165) is 36.8 Å². The Morgan fingerprint density at radius 3 is 2.44 bits per heavy atom. The summed E-state index contributed by atoms with van der Waals surface area (Å²) in [6.45, 7) is 1.85. The molecule has 4 aromatic rings. The van der Waals surface area contributed by atoms with Crippen LogP contribution in [0.15, 0.2) is 72.8 Å². The van der Waals surface area contributed by atoms with E-state index in [1.54, 1.807) is 12.1 Å². The highest BCUT2D eigenvalue weighted by Gasteiger charge is 2.34. The summed E-state index contributed by atoms with van der Waals surface area (Å²) in [5.74, 6) is -1.02. The van der Waals surface area contributed by atoms with E-state index in [0.29, 0.717) is 16.8 Å². The predicted octanol–water partition coefficient (Wildman–Crippen LogP) is 4.71. The van der Waals surface area contributed by atoms with Gasteiger partial charge in [0.2, 0.25) is 11.8 Å². The highest BCUT2D eigenvalue weighted by molar-refractivity contribution is 6.01. The lowest BCUT2D eigenvalue weighted by atomic mass is 10.0. The molecule has 8 heteroatoms. The van der Waals surface area contributed by atoms with Gasteiger partial charge in [0.1, 0.15) is 23.9 Å². The number of benzene rings is 3. The number of amides is 2. The Bertz CT molecular complexity index is 1360. The standard InChI is InChI=1S/C28H28FN5O2/c1-19-10-16-23(17-11-19)34(26(35)18-33-25-9-5-4-8-24(25)31-32-33)27(20-12-14-21(29)15-13-20)28(36)30-22-6-2-3-7-22/h4-5,8-17,22,27H,2-3,6-7,18H2,1H3,(H,30,36). The lowest BCUT2D eigenvalue weighted by molar-refractivity contribution is -0.127. The minimum absolute atomic E-state index is 0.0645. The van der Waals surface area contributed by atoms with Gasteiger partial charge in [-0.3, -0.25) is 14.5 Å². The number of halogens is 1. The van der Waals surface area contributed by atoms with Crippen molar-refractivity contribution in [2.24, 2.45) is 0 Å². The zero-order chi connectivity index (χ0) is 25.1. The van der Waals surface area contributed by atoms with Crippen LogP contribution in [0.4, 0.5) is 10.1 Å². The first-order valence-electron chi connectivity index (χ1n) is 12.2. The minimum atomic E-state index is -0.976. The maximum absolute atomic E-state index is 13.9. The van der Waals surface area contributed by atoms with Gasteiger partial charge in [-0.25, -0.2) is 9.07 Å². The normalized spacial score (nSPS) is 14.6. The maximum Gasteiger partial charge on any atom is 0.249 e. The predicted molar refractivity (Wildman–Crippen MR) is 136 cm³/mol. The summed E-state index contributed by atoms with van der Waals surface area (Å²) in [7, 11) is 0. The lowest BCUT2D eigenvalue weighted by Gasteiger charge is -2.32. The molecule has 1 fully saturated rings. The number of rotatable bonds is 7. The number of para-hydroxylation sites is 1. The second-order valence-corrected chi connectivity index (χ2v) is 9.28. The maximum atomic E-state index is 13.9. The molecule has 2 amide bonds. The van der Waals surface area contributed by atoms with Crippen molar-refractivity contribution in [1.82, 2.24) is 20.3 Å². The van der Waals surface area contributed by atoms with Crippen LogP contribution in [0.1, 0.15) is 42.9 Å². The van der Waals surface area contributed by atoms with Gasteiger partial charge in [0, 0.05) is 11.7 Å². The van der Waals surface area contributed by atoms with Crippen molar-refractivity contribution >= 4 is 28.5 Å². The summed E-state index contributed by atoms with van der Waals surface area (Å²) in [6.07, 6.45) is 3.94. The molecule has 5 rings (SSSR count). The third-order valence-electron chi connectivity index (χ3n) is 6.68. The van der Waals surface area contributed by atoms with Crippen LogP contribution in [0.2, 0.25) is 0 Å². The molecule has 36 heavy (non-hydrogen) atoms. The molecule has 1 saturated carbocycles. The number of nitrogens with one attached hydrogen (secondary N) is 1. The number of carbonyl (C=O) groups is 2. The Hall–Kier alpha value is -4.07. The highest BCUT2D eigenvalue weighted by Crippen LogP contribution is 2.30. The highest BCUT2D eigenvalue weighted by atomic mass is 19.1. The van der Waals surface area contributed by atoms with Gasteiger partial charge in [0.15, 0.2) is 0 Å². The molecule has 0 spiro atoms. The molecule has 0 aliphatic heterocycles. The second-order valence-electron chi connectivity index (χ2n) is 9.28. The van der Waals surface area contributed by atoms with Gasteiger partial charge < -0.3 is 5.32 Å². The Kier molecular flexibility index (Phi) is 6.75. The summed E-state index contributed by atoms with van der Waals surface area (Å²) in [6, 6.07) is 19.7. The monoisotopic (exact) mass is 485 g/mol. The van der Waals surface area contributed by atoms with Gasteiger partial charge in [-0.05, 0) is 61.7 Å². The molecule has 1 N–H and O–H groups in total. The van der Waals surface area contributed by atoms with Crippen LogP contribution in [-0.2, 0) is 16.1 Å². The molecular weight excluding hydrogens is 457 g/mol. The molecule has 1 unspecified atom stereocenters. The van der Waals surface area contributed by atoms with Crippen molar-refractivity contribution in [1.29, 1.82) is 0 Å². The Balaban J connectivity index is 1.56. The Morgan fingerprint density at radius 1 is 1.03 bits per heavy atom. The second kappa shape index (κ2) is 10.3. The third-order valence-corrected chi connectivity index (χ3v) is 6.68. The first-order valence-corrected chi connectivity index (χ1v) is 12.2. The van der Waals surface area contributed by atoms with Gasteiger partial charge in [0.25, 0.3) is 0 Å². The van der Waals surface area contributed by atoms with Gasteiger partial charge in [0.05, 0.1) is 5.52 Å². The van der Waals surface area contributed by atoms with Gasteiger partial charge in [-0.2, -0.15) is 0 Å². The molecule has 7 nitrogen and oxygen atoms in total. The molecule has 1 atom stereocenters. The Morgan fingerprint density at radius 2 is 1.72 bits per heavy atom. The van der Waals surface area contributed by atoms with E-state index in [1.165, 1.54) is 21.7 Å². The van der Waals surface area contributed by atoms with Crippen LogP contribution in [0.5, 0.6) is 0 Å². The van der Waals surface area contributed by atoms with Crippen LogP contribution in [-0.4, -0.2) is 32.9 Å². The first kappa shape index (κ1) is 23.7. The zero-order valence-electron chi connectivity index (χ0n) is 20.1. The summed E-state index contributed by atoms with van der Waals surface area (Å²) in [5.41, 5.74) is 3.54. The van der Waals surface area contributed by atoms with E-state index in [2.05, 4.69) is 15.6 Å². The van der Waals surface area contributed by atoms with Gasteiger partial charge >= 0.3 is 0 Å². The smallest absolute Gasteiger partial charge is 0.249 e. The third kappa shape index (κ3) is 4.98. The molecule has 3 aromatic carbocycles. The van der Waals surface area contributed by atoms with Gasteiger partial charge in [-0.1, -0.05) is 60.0 Å². The van der Waals surface area contributed by atoms with E-state index >= 15 is 0 Å². The van der Waals surface area contributed by atoms with Gasteiger partial charge in [-0.15, -0.1) is 5.10 Å². The molecule has 1 heterocycles. The van der Waals surface area contributed by atoms with E-state index in [1.807, 2.05) is 55.5 Å². The lowest BCUT2D eigenvalue weighted by Crippen LogP contribution is -2.47. The molecule has 0 radical (unpaired) electrons. The molecule has 0 bridgehead atoms. The van der Waals surface area contributed by atoms with E-state index < -0.39 is 11.9 Å². The molecule has 1 aromatic heterocycles. The van der Waals surface area contributed by atoms with Crippen molar-refractivity contribution in [3.8, 4) is 0 Å². The number of hydrogen-bond donors (Lipinski definition) is 1. The average molecular weight is 486 g/mol. The molecule has 184 valence electrons. The van der Waals surface area contributed by atoms with Crippen LogP contribution in [0.3, 0.4) is 0 Å². The van der Waals surface area contributed by atoms with E-state index in [-0.39, 0.29) is 24.4 Å². The zero-order valence-corrected chi connectivity index (χ0v) is 20.1. The SMILES string of the molecule is Cc1ccc(N(C(=O)Cn2nnc3ccccc32)C(C(=O)NC2CCCC2)c2ccc(F)cc2)cc1. The molecule has 1 aliphatic carbocycles. The topological polar surface area (TPSA) is 80.1 Å². The van der Waals surface area contributed by atoms with Crippen molar-refractivity contribution in [3.63, 3.8) is 0 Å². The molecule has 1 aliphatic rings. The van der Waals surface area contributed by atoms with E-state index in [4.69, 9.17) is 0 Å². The molecular formula is C28H28FN5O2. The average Bonchev–Trinajstić information content (AvgIpc) is 3.54. The number of nitrogens with zero attached hydrogens (tertiary/aromatic N) is 4. The largest absolute Gasteiger partial charge is 0.351 e. The fourth-order valence-corrected chi connectivity index (χ4v) is 4.79. The number of hydrogen-bond acceptors (Lipinski definition) is 4. The van der Waals surface area contributed by atoms with Crippen LogP contribution < -0.4 is 10.2 Å². The summed E-state index contributed by atoms with van der Waals surface area (Å²) in [5, 5.41) is 11.5. The Labute approximate surface area is 208 Å². The van der Waals surface area contributed by atoms with Crippen LogP contribution in [0, 0.1) is 12.7 Å². The van der Waals surface area contributed by atoms with Crippen molar-refractivity contribution in [2.45, 2.75) is 51.2 Å².